The van der Waals surface area contributed by atoms with E-state index in [9.17, 15) is 0 Å². The molecular formula is C10H6BrNS2. The Morgan fingerprint density at radius 2 is 2.29 bits per heavy atom. The molecule has 2 aromatic rings. The van der Waals surface area contributed by atoms with Crippen molar-refractivity contribution in [2.45, 2.75) is 11.3 Å². The largest absolute Gasteiger partial charge is 0.198 e. The lowest BCUT2D eigenvalue weighted by molar-refractivity contribution is 1.27. The average Bonchev–Trinajstić information content (AvgIpc) is 2.48. The zero-order chi connectivity index (χ0) is 10.1. The summed E-state index contributed by atoms with van der Waals surface area (Å²) in [6.45, 7) is 0. The van der Waals surface area contributed by atoms with Gasteiger partial charge in [0.05, 0.1) is 12.5 Å². The van der Waals surface area contributed by atoms with Crippen LogP contribution in [0.3, 0.4) is 0 Å². The van der Waals surface area contributed by atoms with Crippen molar-refractivity contribution in [1.29, 1.82) is 5.26 Å². The van der Waals surface area contributed by atoms with Crippen molar-refractivity contribution in [2.75, 3.05) is 0 Å². The number of rotatable bonds is 1. The Labute approximate surface area is 99.9 Å². The molecule has 0 radical (unpaired) electrons. The molecule has 14 heavy (non-hydrogen) atoms. The topological polar surface area (TPSA) is 23.8 Å². The number of fused-ring (bicyclic) bond motifs is 1. The van der Waals surface area contributed by atoms with Crippen molar-refractivity contribution in [3.05, 3.63) is 27.5 Å². The summed E-state index contributed by atoms with van der Waals surface area (Å²) in [6.07, 6.45) is 0.435. The van der Waals surface area contributed by atoms with E-state index in [1.807, 2.05) is 18.2 Å². The maximum absolute atomic E-state index is 8.65. The van der Waals surface area contributed by atoms with Crippen LogP contribution in [0.15, 0.2) is 27.6 Å². The van der Waals surface area contributed by atoms with Crippen molar-refractivity contribution in [2.24, 2.45) is 0 Å². The summed E-state index contributed by atoms with van der Waals surface area (Å²) < 4.78 is 2.24. The van der Waals surface area contributed by atoms with Crippen molar-refractivity contribution < 1.29 is 0 Å². The van der Waals surface area contributed by atoms with Gasteiger partial charge in [0.2, 0.25) is 0 Å². The molecule has 0 saturated heterocycles. The summed E-state index contributed by atoms with van der Waals surface area (Å²) in [4.78, 5) is 1.98. The molecule has 0 unspecified atom stereocenters. The van der Waals surface area contributed by atoms with Gasteiger partial charge in [-0.25, -0.2) is 0 Å². The minimum absolute atomic E-state index is 0.435. The molecule has 1 nitrogen and oxygen atoms in total. The highest BCUT2D eigenvalue weighted by molar-refractivity contribution is 9.10. The highest BCUT2D eigenvalue weighted by Crippen LogP contribution is 2.38. The monoisotopic (exact) mass is 283 g/mol. The molecule has 70 valence electrons. The number of halogens is 1. The maximum atomic E-state index is 8.65. The van der Waals surface area contributed by atoms with Gasteiger partial charge in [0.15, 0.2) is 0 Å². The Morgan fingerprint density at radius 3 is 2.93 bits per heavy atom. The first kappa shape index (κ1) is 10.0. The lowest BCUT2D eigenvalue weighted by Crippen LogP contribution is -1.74. The number of thiol groups is 1. The number of hydrogen-bond donors (Lipinski definition) is 1. The maximum Gasteiger partial charge on any atom is 0.0707 e. The van der Waals surface area contributed by atoms with E-state index >= 15 is 0 Å². The van der Waals surface area contributed by atoms with Gasteiger partial charge in [-0.15, -0.1) is 24.0 Å². The normalized spacial score (nSPS) is 10.4. The van der Waals surface area contributed by atoms with E-state index in [4.69, 9.17) is 5.26 Å². The quantitative estimate of drug-likeness (QED) is 0.786. The Bertz CT molecular complexity index is 525. The van der Waals surface area contributed by atoms with Crippen molar-refractivity contribution >= 4 is 50.0 Å². The summed E-state index contributed by atoms with van der Waals surface area (Å²) in [5.74, 6) is 0. The molecule has 0 spiro atoms. The Morgan fingerprint density at radius 1 is 1.50 bits per heavy atom. The molecule has 1 aromatic carbocycles. The first-order valence-electron chi connectivity index (χ1n) is 4.00. The van der Waals surface area contributed by atoms with E-state index in [0.29, 0.717) is 6.42 Å². The van der Waals surface area contributed by atoms with E-state index in [0.717, 1.165) is 19.6 Å². The lowest BCUT2D eigenvalue weighted by atomic mass is 10.2. The Kier molecular flexibility index (Phi) is 2.82. The van der Waals surface area contributed by atoms with Crippen molar-refractivity contribution in [3.63, 3.8) is 0 Å². The number of nitrogens with zero attached hydrogens (tertiary/aromatic N) is 1. The molecule has 1 aromatic heterocycles. The van der Waals surface area contributed by atoms with Gasteiger partial charge in [0.25, 0.3) is 0 Å². The first-order valence-corrected chi connectivity index (χ1v) is 6.05. The summed E-state index contributed by atoms with van der Waals surface area (Å²) >= 11 is 9.55. The molecule has 1 heterocycles. The fraction of sp³-hybridized carbons (Fsp3) is 0.100. The molecule has 0 saturated carbocycles. The standard InChI is InChI=1S/C10H6BrNS2/c11-7-3-1-2-6-9(13)8(4-5-12)14-10(6)7/h1-3,13H,4H2. The number of benzene rings is 1. The smallest absolute Gasteiger partial charge is 0.0707 e. The third-order valence-electron chi connectivity index (χ3n) is 1.95. The molecule has 0 atom stereocenters. The van der Waals surface area contributed by atoms with E-state index in [1.165, 1.54) is 4.70 Å². The van der Waals surface area contributed by atoms with Crippen LogP contribution in [-0.2, 0) is 6.42 Å². The minimum Gasteiger partial charge on any atom is -0.198 e. The predicted octanol–water partition coefficient (Wildman–Crippen LogP) is 4.02. The number of nitriles is 1. The van der Waals surface area contributed by atoms with Gasteiger partial charge in [-0.1, -0.05) is 12.1 Å². The third-order valence-corrected chi connectivity index (χ3v) is 4.78. The molecule has 0 amide bonds. The van der Waals surface area contributed by atoms with Crippen LogP contribution in [0.5, 0.6) is 0 Å². The molecule has 0 N–H and O–H groups in total. The van der Waals surface area contributed by atoms with Gasteiger partial charge in [-0.3, -0.25) is 0 Å². The number of hydrogen-bond acceptors (Lipinski definition) is 3. The van der Waals surface area contributed by atoms with E-state index < -0.39 is 0 Å². The Balaban J connectivity index is 2.74. The number of thiophene rings is 1. The predicted molar refractivity (Wildman–Crippen MR) is 66.1 cm³/mol. The SMILES string of the molecule is N#CCc1sc2c(Br)cccc2c1S. The zero-order valence-electron chi connectivity index (χ0n) is 7.12. The van der Waals surface area contributed by atoms with E-state index in [2.05, 4.69) is 34.6 Å². The van der Waals surface area contributed by atoms with E-state index in [1.54, 1.807) is 11.3 Å². The molecule has 0 aliphatic rings. The van der Waals surface area contributed by atoms with Gasteiger partial charge >= 0.3 is 0 Å². The van der Waals surface area contributed by atoms with Crippen LogP contribution in [0.2, 0.25) is 0 Å². The van der Waals surface area contributed by atoms with Crippen molar-refractivity contribution in [3.8, 4) is 6.07 Å². The highest BCUT2D eigenvalue weighted by atomic mass is 79.9. The summed E-state index contributed by atoms with van der Waals surface area (Å²) in [5, 5.41) is 9.77. The average molecular weight is 284 g/mol. The fourth-order valence-electron chi connectivity index (χ4n) is 1.31. The van der Waals surface area contributed by atoms with Crippen LogP contribution in [0.1, 0.15) is 4.88 Å². The Hall–Kier alpha value is -0.500. The van der Waals surface area contributed by atoms with Gasteiger partial charge < -0.3 is 0 Å². The fourth-order valence-corrected chi connectivity index (χ4v) is 3.43. The molecule has 2 rings (SSSR count). The molecule has 0 aliphatic carbocycles. The summed E-state index contributed by atoms with van der Waals surface area (Å²) in [5.41, 5.74) is 0. The second-order valence-corrected chi connectivity index (χ2v) is 5.23. The second-order valence-electron chi connectivity index (χ2n) is 2.83. The molecule has 0 aliphatic heterocycles. The lowest BCUT2D eigenvalue weighted by Gasteiger charge is -1.92. The van der Waals surface area contributed by atoms with Crippen LogP contribution in [0.4, 0.5) is 0 Å². The third kappa shape index (κ3) is 1.56. The summed E-state index contributed by atoms with van der Waals surface area (Å²) in [6, 6.07) is 8.16. The zero-order valence-corrected chi connectivity index (χ0v) is 10.4. The van der Waals surface area contributed by atoms with Gasteiger partial charge in [0.1, 0.15) is 0 Å². The van der Waals surface area contributed by atoms with Crippen LogP contribution in [0, 0.1) is 11.3 Å². The van der Waals surface area contributed by atoms with Crippen molar-refractivity contribution in [1.82, 2.24) is 0 Å². The highest BCUT2D eigenvalue weighted by Gasteiger charge is 2.10. The first-order chi connectivity index (χ1) is 6.74. The van der Waals surface area contributed by atoms with Crippen LogP contribution < -0.4 is 0 Å². The second kappa shape index (κ2) is 3.93. The van der Waals surface area contributed by atoms with Crippen LogP contribution in [-0.4, -0.2) is 0 Å². The molecule has 0 bridgehead atoms. The van der Waals surface area contributed by atoms with E-state index in [-0.39, 0.29) is 0 Å². The van der Waals surface area contributed by atoms with Crippen LogP contribution in [0.25, 0.3) is 10.1 Å². The van der Waals surface area contributed by atoms with Crippen LogP contribution >= 0.6 is 39.9 Å². The molecule has 0 fully saturated rings. The van der Waals surface area contributed by atoms with Gasteiger partial charge in [0, 0.05) is 24.3 Å². The molecular weight excluding hydrogens is 278 g/mol. The molecule has 4 heteroatoms. The minimum atomic E-state index is 0.435. The summed E-state index contributed by atoms with van der Waals surface area (Å²) in [7, 11) is 0. The van der Waals surface area contributed by atoms with Gasteiger partial charge in [-0.2, -0.15) is 5.26 Å². The van der Waals surface area contributed by atoms with Gasteiger partial charge in [-0.05, 0) is 22.0 Å².